The second kappa shape index (κ2) is 6.65. The topological polar surface area (TPSA) is 72.2 Å². The van der Waals surface area contributed by atoms with E-state index in [1.54, 1.807) is 24.3 Å². The third kappa shape index (κ3) is 3.88. The lowest BCUT2D eigenvalue weighted by Gasteiger charge is -2.11. The molecule has 0 amide bonds. The fraction of sp³-hybridized carbons (Fsp3) is 0.143. The van der Waals surface area contributed by atoms with Crippen LogP contribution in [0.15, 0.2) is 51.8 Å². The van der Waals surface area contributed by atoms with Crippen LogP contribution in [0.2, 0.25) is 0 Å². The summed E-state index contributed by atoms with van der Waals surface area (Å²) in [5.74, 6) is -0.818. The molecule has 7 heteroatoms. The number of hydrogen-bond acceptors (Lipinski definition) is 3. The number of nitrogens with two attached hydrogens (primary N) is 1. The molecule has 4 nitrogen and oxygen atoms in total. The van der Waals surface area contributed by atoms with Gasteiger partial charge in [-0.3, -0.25) is 0 Å². The molecule has 112 valence electrons. The summed E-state index contributed by atoms with van der Waals surface area (Å²) in [5, 5.41) is 0. The van der Waals surface area contributed by atoms with Gasteiger partial charge >= 0.3 is 0 Å². The lowest BCUT2D eigenvalue weighted by Crippen LogP contribution is -2.24. The second-order valence-electron chi connectivity index (χ2n) is 4.39. The number of nitrogens with one attached hydrogen (secondary N) is 1. The summed E-state index contributed by atoms with van der Waals surface area (Å²) in [5.41, 5.74) is 6.35. The van der Waals surface area contributed by atoms with Crippen molar-refractivity contribution in [3.63, 3.8) is 0 Å². The molecule has 0 aromatic heterocycles. The number of halogens is 2. The molecule has 0 radical (unpaired) electrons. The summed E-state index contributed by atoms with van der Waals surface area (Å²) >= 11 is 3.16. The molecule has 2 aromatic carbocycles. The molecule has 0 bridgehead atoms. The molecule has 0 spiro atoms. The van der Waals surface area contributed by atoms with Gasteiger partial charge < -0.3 is 5.73 Å². The van der Waals surface area contributed by atoms with Gasteiger partial charge in [-0.15, -0.1) is 0 Å². The van der Waals surface area contributed by atoms with E-state index in [1.165, 1.54) is 12.1 Å². The largest absolute Gasteiger partial charge is 0.326 e. The van der Waals surface area contributed by atoms with Crippen LogP contribution in [0.3, 0.4) is 0 Å². The molecule has 0 fully saturated rings. The highest BCUT2D eigenvalue weighted by molar-refractivity contribution is 9.10. The van der Waals surface area contributed by atoms with Gasteiger partial charge in [0.05, 0.1) is 0 Å². The first-order chi connectivity index (χ1) is 9.94. The van der Waals surface area contributed by atoms with Crippen molar-refractivity contribution in [2.75, 3.05) is 0 Å². The van der Waals surface area contributed by atoms with E-state index in [-0.39, 0.29) is 18.7 Å². The van der Waals surface area contributed by atoms with E-state index in [0.29, 0.717) is 4.47 Å². The molecule has 0 saturated carbocycles. The Labute approximate surface area is 131 Å². The average molecular weight is 373 g/mol. The summed E-state index contributed by atoms with van der Waals surface area (Å²) in [6.45, 7) is 0.0135. The van der Waals surface area contributed by atoms with Crippen LogP contribution >= 0.6 is 15.9 Å². The molecule has 2 aromatic rings. The van der Waals surface area contributed by atoms with E-state index in [9.17, 15) is 12.8 Å². The van der Waals surface area contributed by atoms with E-state index in [4.69, 9.17) is 5.73 Å². The van der Waals surface area contributed by atoms with Crippen LogP contribution in [0.25, 0.3) is 0 Å². The van der Waals surface area contributed by atoms with Gasteiger partial charge in [0.15, 0.2) is 0 Å². The minimum absolute atomic E-state index is 0.0769. The Bertz CT molecular complexity index is 736. The Balaban J connectivity index is 2.30. The normalized spacial score (nSPS) is 11.6. The Morgan fingerprint density at radius 3 is 2.48 bits per heavy atom. The molecular formula is C14H14BrFN2O2S. The van der Waals surface area contributed by atoms with Gasteiger partial charge in [-0.1, -0.05) is 46.3 Å². The van der Waals surface area contributed by atoms with E-state index >= 15 is 0 Å². The van der Waals surface area contributed by atoms with Gasteiger partial charge in [0, 0.05) is 23.1 Å². The summed E-state index contributed by atoms with van der Waals surface area (Å²) in [6.07, 6.45) is 0. The Morgan fingerprint density at radius 2 is 1.86 bits per heavy atom. The van der Waals surface area contributed by atoms with Crippen LogP contribution in [0.1, 0.15) is 11.1 Å². The quantitative estimate of drug-likeness (QED) is 0.846. The summed E-state index contributed by atoms with van der Waals surface area (Å²) in [4.78, 5) is -0.409. The van der Waals surface area contributed by atoms with Gasteiger partial charge in [0.1, 0.15) is 10.7 Å². The first kappa shape index (κ1) is 16.1. The standard InChI is InChI=1S/C14H14BrFN2O2S/c15-12-6-11(8-17)14(16)13(7-12)21(19,20)18-9-10-4-2-1-3-5-10/h1-7,18H,8-9,17H2. The molecule has 0 aliphatic heterocycles. The van der Waals surface area contributed by atoms with Crippen molar-refractivity contribution < 1.29 is 12.8 Å². The maximum Gasteiger partial charge on any atom is 0.243 e. The maximum absolute atomic E-state index is 14.2. The van der Waals surface area contributed by atoms with E-state index in [0.717, 1.165) is 5.56 Å². The van der Waals surface area contributed by atoms with Gasteiger partial charge in [0.2, 0.25) is 10.0 Å². The fourth-order valence-electron chi connectivity index (χ4n) is 1.81. The summed E-state index contributed by atoms with van der Waals surface area (Å²) in [7, 11) is -3.95. The minimum Gasteiger partial charge on any atom is -0.326 e. The van der Waals surface area contributed by atoms with Gasteiger partial charge in [-0.25, -0.2) is 17.5 Å². The van der Waals surface area contributed by atoms with Gasteiger partial charge in [-0.2, -0.15) is 0 Å². The zero-order chi connectivity index (χ0) is 15.5. The van der Waals surface area contributed by atoms with Crippen molar-refractivity contribution in [3.8, 4) is 0 Å². The molecular weight excluding hydrogens is 359 g/mol. The number of rotatable bonds is 5. The molecule has 0 atom stereocenters. The first-order valence-corrected chi connectivity index (χ1v) is 8.43. The highest BCUT2D eigenvalue weighted by Crippen LogP contribution is 2.24. The molecule has 2 rings (SSSR count). The second-order valence-corrected chi connectivity index (χ2v) is 7.04. The highest BCUT2D eigenvalue weighted by atomic mass is 79.9. The minimum atomic E-state index is -3.95. The van der Waals surface area contributed by atoms with Crippen LogP contribution in [0.4, 0.5) is 4.39 Å². The zero-order valence-electron chi connectivity index (χ0n) is 11.0. The molecule has 0 aliphatic rings. The Morgan fingerprint density at radius 1 is 1.19 bits per heavy atom. The predicted molar refractivity (Wildman–Crippen MR) is 82.5 cm³/mol. The van der Waals surface area contributed by atoms with Crippen LogP contribution in [-0.4, -0.2) is 8.42 Å². The summed E-state index contributed by atoms with van der Waals surface area (Å²) in [6, 6.07) is 11.7. The lowest BCUT2D eigenvalue weighted by molar-refractivity contribution is 0.549. The summed E-state index contributed by atoms with van der Waals surface area (Å²) < 4.78 is 41.5. The molecule has 3 N–H and O–H groups in total. The Kier molecular flexibility index (Phi) is 5.10. The zero-order valence-corrected chi connectivity index (χ0v) is 13.4. The third-order valence-electron chi connectivity index (χ3n) is 2.90. The van der Waals surface area contributed by atoms with Crippen molar-refractivity contribution in [2.24, 2.45) is 5.73 Å². The van der Waals surface area contributed by atoms with Crippen LogP contribution in [0, 0.1) is 5.82 Å². The maximum atomic E-state index is 14.2. The SMILES string of the molecule is NCc1cc(Br)cc(S(=O)(=O)NCc2ccccc2)c1F. The van der Waals surface area contributed by atoms with E-state index in [1.807, 2.05) is 6.07 Å². The molecule has 0 saturated heterocycles. The first-order valence-electron chi connectivity index (χ1n) is 6.15. The average Bonchev–Trinajstić information content (AvgIpc) is 2.48. The molecule has 0 unspecified atom stereocenters. The highest BCUT2D eigenvalue weighted by Gasteiger charge is 2.21. The number of hydrogen-bond donors (Lipinski definition) is 2. The molecule has 0 heterocycles. The molecule has 21 heavy (non-hydrogen) atoms. The van der Waals surface area contributed by atoms with Gasteiger partial charge in [-0.05, 0) is 17.7 Å². The van der Waals surface area contributed by atoms with E-state index < -0.39 is 20.7 Å². The smallest absolute Gasteiger partial charge is 0.243 e. The van der Waals surface area contributed by atoms with Crippen molar-refractivity contribution in [1.29, 1.82) is 0 Å². The van der Waals surface area contributed by atoms with Crippen molar-refractivity contribution in [3.05, 3.63) is 63.9 Å². The Hall–Kier alpha value is -1.28. The predicted octanol–water partition coefficient (Wildman–Crippen LogP) is 2.53. The molecule has 0 aliphatic carbocycles. The fourth-order valence-corrected chi connectivity index (χ4v) is 3.63. The van der Waals surface area contributed by atoms with Crippen molar-refractivity contribution in [1.82, 2.24) is 4.72 Å². The van der Waals surface area contributed by atoms with Crippen molar-refractivity contribution in [2.45, 2.75) is 18.0 Å². The van der Waals surface area contributed by atoms with Gasteiger partial charge in [0.25, 0.3) is 0 Å². The third-order valence-corrected chi connectivity index (χ3v) is 4.76. The monoisotopic (exact) mass is 372 g/mol. The van der Waals surface area contributed by atoms with E-state index in [2.05, 4.69) is 20.7 Å². The van der Waals surface area contributed by atoms with Crippen molar-refractivity contribution >= 4 is 26.0 Å². The van der Waals surface area contributed by atoms with Crippen LogP contribution in [-0.2, 0) is 23.1 Å². The van der Waals surface area contributed by atoms with Crippen LogP contribution < -0.4 is 10.5 Å². The number of sulfonamides is 1. The lowest BCUT2D eigenvalue weighted by atomic mass is 10.2. The number of benzene rings is 2. The van der Waals surface area contributed by atoms with Crippen LogP contribution in [0.5, 0.6) is 0 Å².